The van der Waals surface area contributed by atoms with Crippen LogP contribution in [-0.2, 0) is 0 Å². The minimum atomic E-state index is -0.376. The van der Waals surface area contributed by atoms with Gasteiger partial charge in [-0.15, -0.1) is 0 Å². The minimum absolute atomic E-state index is 0.0208. The van der Waals surface area contributed by atoms with E-state index in [0.717, 1.165) is 24.8 Å². The summed E-state index contributed by atoms with van der Waals surface area (Å²) in [5, 5.41) is 18.1. The van der Waals surface area contributed by atoms with Crippen LogP contribution in [0.3, 0.4) is 0 Å². The van der Waals surface area contributed by atoms with E-state index in [1.54, 1.807) is 0 Å². The van der Waals surface area contributed by atoms with Gasteiger partial charge in [0.05, 0.1) is 12.7 Å². The Morgan fingerprint density at radius 3 is 2.70 bits per heavy atom. The number of aliphatic hydroxyl groups excluding tert-OH is 2. The fraction of sp³-hybridized carbons (Fsp3) is 0.750. The first kappa shape index (κ1) is 7.76. The van der Waals surface area contributed by atoms with Crippen LogP contribution in [0.4, 0.5) is 0 Å². The van der Waals surface area contributed by atoms with Gasteiger partial charge in [0.25, 0.3) is 0 Å². The molecular weight excluding hydrogens is 128 g/mol. The van der Waals surface area contributed by atoms with E-state index in [0.29, 0.717) is 0 Å². The zero-order valence-corrected chi connectivity index (χ0v) is 6.30. The van der Waals surface area contributed by atoms with Crippen molar-refractivity contribution in [1.29, 1.82) is 0 Å². The number of hydrogen-bond donors (Lipinski definition) is 2. The van der Waals surface area contributed by atoms with Gasteiger partial charge >= 0.3 is 0 Å². The van der Waals surface area contributed by atoms with E-state index in [9.17, 15) is 5.11 Å². The Balaban J connectivity index is 2.73. The molecule has 2 nitrogen and oxygen atoms in total. The molecule has 0 spiro atoms. The molecule has 0 amide bonds. The summed E-state index contributed by atoms with van der Waals surface area (Å²) in [7, 11) is 0. The number of hydrogen-bond acceptors (Lipinski definition) is 2. The summed E-state index contributed by atoms with van der Waals surface area (Å²) in [6.45, 7) is 2.00. The second kappa shape index (κ2) is 3.17. The molecule has 0 saturated carbocycles. The smallest absolute Gasteiger partial charge is 0.0774 e. The van der Waals surface area contributed by atoms with Crippen molar-refractivity contribution in [3.63, 3.8) is 0 Å². The Kier molecular flexibility index (Phi) is 2.46. The lowest BCUT2D eigenvalue weighted by molar-refractivity contribution is 0.167. The topological polar surface area (TPSA) is 40.5 Å². The van der Waals surface area contributed by atoms with Crippen LogP contribution in [-0.4, -0.2) is 22.9 Å². The first-order chi connectivity index (χ1) is 4.75. The standard InChI is InChI=1S/C8H14O2/c1-6-3-2-4-8(10)7(6)5-9/h8-10H,2-5H2,1H3. The maximum absolute atomic E-state index is 9.32. The maximum Gasteiger partial charge on any atom is 0.0774 e. The summed E-state index contributed by atoms with van der Waals surface area (Å²) in [5.41, 5.74) is 2.01. The zero-order valence-electron chi connectivity index (χ0n) is 6.30. The van der Waals surface area contributed by atoms with Crippen molar-refractivity contribution >= 4 is 0 Å². The molecule has 0 bridgehead atoms. The third-order valence-corrected chi connectivity index (χ3v) is 2.15. The lowest BCUT2D eigenvalue weighted by Gasteiger charge is -2.21. The highest BCUT2D eigenvalue weighted by molar-refractivity contribution is 5.19. The Morgan fingerprint density at radius 1 is 1.60 bits per heavy atom. The molecule has 58 valence electrons. The van der Waals surface area contributed by atoms with Crippen molar-refractivity contribution < 1.29 is 10.2 Å². The van der Waals surface area contributed by atoms with Gasteiger partial charge in [-0.2, -0.15) is 0 Å². The molecule has 1 aliphatic rings. The summed E-state index contributed by atoms with van der Waals surface area (Å²) in [4.78, 5) is 0. The van der Waals surface area contributed by atoms with Crippen molar-refractivity contribution in [2.24, 2.45) is 0 Å². The van der Waals surface area contributed by atoms with Gasteiger partial charge in [0.15, 0.2) is 0 Å². The first-order valence-electron chi connectivity index (χ1n) is 3.73. The molecule has 0 fully saturated rings. The third kappa shape index (κ3) is 1.39. The van der Waals surface area contributed by atoms with Crippen molar-refractivity contribution in [2.45, 2.75) is 32.3 Å². The average molecular weight is 142 g/mol. The van der Waals surface area contributed by atoms with Crippen LogP contribution in [0.15, 0.2) is 11.1 Å². The number of rotatable bonds is 1. The molecule has 0 aromatic rings. The Morgan fingerprint density at radius 2 is 2.30 bits per heavy atom. The van der Waals surface area contributed by atoms with Gasteiger partial charge in [0, 0.05) is 0 Å². The molecule has 1 aliphatic carbocycles. The van der Waals surface area contributed by atoms with Gasteiger partial charge in [0.1, 0.15) is 0 Å². The van der Waals surface area contributed by atoms with E-state index in [-0.39, 0.29) is 12.7 Å². The molecular formula is C8H14O2. The van der Waals surface area contributed by atoms with Crippen LogP contribution >= 0.6 is 0 Å². The van der Waals surface area contributed by atoms with Gasteiger partial charge in [-0.25, -0.2) is 0 Å². The maximum atomic E-state index is 9.32. The fourth-order valence-corrected chi connectivity index (χ4v) is 1.42. The van der Waals surface area contributed by atoms with Gasteiger partial charge in [-0.1, -0.05) is 5.57 Å². The molecule has 0 radical (unpaired) electrons. The summed E-state index contributed by atoms with van der Waals surface area (Å²) >= 11 is 0. The molecule has 0 heterocycles. The molecule has 1 atom stereocenters. The summed E-state index contributed by atoms with van der Waals surface area (Å²) in [5.74, 6) is 0. The normalized spacial score (nSPS) is 27.3. The lowest BCUT2D eigenvalue weighted by atomic mass is 9.91. The molecule has 1 rings (SSSR count). The predicted molar refractivity (Wildman–Crippen MR) is 39.6 cm³/mol. The highest BCUT2D eigenvalue weighted by atomic mass is 16.3. The van der Waals surface area contributed by atoms with Crippen molar-refractivity contribution in [3.05, 3.63) is 11.1 Å². The van der Waals surface area contributed by atoms with Gasteiger partial charge in [0.2, 0.25) is 0 Å². The summed E-state index contributed by atoms with van der Waals surface area (Å²) < 4.78 is 0. The van der Waals surface area contributed by atoms with E-state index < -0.39 is 0 Å². The minimum Gasteiger partial charge on any atom is -0.392 e. The van der Waals surface area contributed by atoms with E-state index >= 15 is 0 Å². The Hall–Kier alpha value is -0.340. The van der Waals surface area contributed by atoms with Crippen molar-refractivity contribution in [2.75, 3.05) is 6.61 Å². The lowest BCUT2D eigenvalue weighted by Crippen LogP contribution is -2.18. The molecule has 0 aromatic heterocycles. The van der Waals surface area contributed by atoms with Crippen LogP contribution in [0.2, 0.25) is 0 Å². The number of aliphatic hydroxyl groups is 2. The van der Waals surface area contributed by atoms with Gasteiger partial charge in [-0.05, 0) is 31.8 Å². The zero-order chi connectivity index (χ0) is 7.56. The SMILES string of the molecule is CC1=C(CO)C(O)CCC1. The second-order valence-electron chi connectivity index (χ2n) is 2.87. The van der Waals surface area contributed by atoms with Crippen LogP contribution < -0.4 is 0 Å². The average Bonchev–Trinajstić information content (AvgIpc) is 1.88. The van der Waals surface area contributed by atoms with Crippen molar-refractivity contribution in [1.82, 2.24) is 0 Å². The van der Waals surface area contributed by atoms with Gasteiger partial charge in [-0.3, -0.25) is 0 Å². The van der Waals surface area contributed by atoms with E-state index in [4.69, 9.17) is 5.11 Å². The van der Waals surface area contributed by atoms with Gasteiger partial charge < -0.3 is 10.2 Å². The predicted octanol–water partition coefficient (Wildman–Crippen LogP) is 0.840. The molecule has 2 heteroatoms. The van der Waals surface area contributed by atoms with E-state index in [2.05, 4.69) is 0 Å². The molecule has 10 heavy (non-hydrogen) atoms. The largest absolute Gasteiger partial charge is 0.392 e. The van der Waals surface area contributed by atoms with E-state index in [1.165, 1.54) is 5.57 Å². The quantitative estimate of drug-likeness (QED) is 0.533. The second-order valence-corrected chi connectivity index (χ2v) is 2.87. The first-order valence-corrected chi connectivity index (χ1v) is 3.73. The Bertz CT molecular complexity index is 149. The highest BCUT2D eigenvalue weighted by Crippen LogP contribution is 2.23. The summed E-state index contributed by atoms with van der Waals surface area (Å²) in [6, 6.07) is 0. The van der Waals surface area contributed by atoms with Crippen LogP contribution in [0.1, 0.15) is 26.2 Å². The molecule has 1 unspecified atom stereocenters. The fourth-order valence-electron chi connectivity index (χ4n) is 1.42. The van der Waals surface area contributed by atoms with Crippen LogP contribution in [0.5, 0.6) is 0 Å². The summed E-state index contributed by atoms with van der Waals surface area (Å²) in [6.07, 6.45) is 2.52. The highest BCUT2D eigenvalue weighted by Gasteiger charge is 2.16. The Labute approximate surface area is 61.2 Å². The van der Waals surface area contributed by atoms with Crippen LogP contribution in [0.25, 0.3) is 0 Å². The number of allylic oxidation sites excluding steroid dienone is 1. The monoisotopic (exact) mass is 142 g/mol. The van der Waals surface area contributed by atoms with Crippen molar-refractivity contribution in [3.8, 4) is 0 Å². The molecule has 2 N–H and O–H groups in total. The molecule has 0 aromatic carbocycles. The molecule has 0 aliphatic heterocycles. The molecule has 0 saturated heterocycles. The van der Waals surface area contributed by atoms with E-state index in [1.807, 2.05) is 6.92 Å². The van der Waals surface area contributed by atoms with Crippen LogP contribution in [0, 0.1) is 0 Å². The third-order valence-electron chi connectivity index (χ3n) is 2.15.